The predicted molar refractivity (Wildman–Crippen MR) is 80.1 cm³/mol. The summed E-state index contributed by atoms with van der Waals surface area (Å²) in [6.45, 7) is 4.33. The zero-order valence-electron chi connectivity index (χ0n) is 11.9. The second-order valence-corrected chi connectivity index (χ2v) is 5.73. The molecule has 2 aromatic carbocycles. The number of rotatable bonds is 3. The molecule has 0 radical (unpaired) electrons. The number of ether oxygens (including phenoxy) is 1. The standard InChI is InChI=1S/C18H20O2/c1-12(2)13-7-5-8-15(10-13)20-17-11-14-6-3-4-9-16(14)18(17)19/h3-10,12,17-19H,11H2,1-2H3. The van der Waals surface area contributed by atoms with Crippen molar-refractivity contribution in [2.75, 3.05) is 0 Å². The molecule has 2 unspecified atom stereocenters. The number of fused-ring (bicyclic) bond motifs is 1. The van der Waals surface area contributed by atoms with E-state index in [4.69, 9.17) is 4.74 Å². The van der Waals surface area contributed by atoms with E-state index in [-0.39, 0.29) is 6.10 Å². The monoisotopic (exact) mass is 268 g/mol. The Balaban J connectivity index is 1.78. The van der Waals surface area contributed by atoms with E-state index in [1.54, 1.807) is 0 Å². The molecule has 1 N–H and O–H groups in total. The van der Waals surface area contributed by atoms with Crippen molar-refractivity contribution >= 4 is 0 Å². The van der Waals surface area contributed by atoms with E-state index < -0.39 is 6.10 Å². The molecule has 1 aliphatic carbocycles. The molecule has 3 rings (SSSR count). The van der Waals surface area contributed by atoms with Gasteiger partial charge in [0.05, 0.1) is 0 Å². The number of hydrogen-bond donors (Lipinski definition) is 1. The molecule has 0 bridgehead atoms. The SMILES string of the molecule is CC(C)c1cccc(OC2Cc3ccccc3C2O)c1. The highest BCUT2D eigenvalue weighted by atomic mass is 16.5. The summed E-state index contributed by atoms with van der Waals surface area (Å²) in [7, 11) is 0. The molecule has 2 aromatic rings. The van der Waals surface area contributed by atoms with Gasteiger partial charge >= 0.3 is 0 Å². The van der Waals surface area contributed by atoms with Crippen molar-refractivity contribution in [3.8, 4) is 5.75 Å². The lowest BCUT2D eigenvalue weighted by atomic mass is 10.0. The molecule has 0 spiro atoms. The highest BCUT2D eigenvalue weighted by molar-refractivity contribution is 5.37. The van der Waals surface area contributed by atoms with Crippen LogP contribution < -0.4 is 4.74 Å². The molecule has 2 heteroatoms. The minimum Gasteiger partial charge on any atom is -0.487 e. The fourth-order valence-electron chi connectivity index (χ4n) is 2.77. The summed E-state index contributed by atoms with van der Waals surface area (Å²) in [6.07, 6.45) is 0.0483. The third-order valence-corrected chi connectivity index (χ3v) is 3.96. The molecule has 2 atom stereocenters. The fourth-order valence-corrected chi connectivity index (χ4v) is 2.77. The Morgan fingerprint density at radius 1 is 1.10 bits per heavy atom. The number of benzene rings is 2. The second kappa shape index (κ2) is 5.29. The van der Waals surface area contributed by atoms with Gasteiger partial charge in [-0.3, -0.25) is 0 Å². The van der Waals surface area contributed by atoms with E-state index in [9.17, 15) is 5.11 Å². The molecule has 0 heterocycles. The van der Waals surface area contributed by atoms with Crippen LogP contribution in [0, 0.1) is 0 Å². The molecule has 20 heavy (non-hydrogen) atoms. The van der Waals surface area contributed by atoms with Gasteiger partial charge in [0, 0.05) is 6.42 Å². The first-order chi connectivity index (χ1) is 9.65. The highest BCUT2D eigenvalue weighted by Crippen LogP contribution is 2.34. The van der Waals surface area contributed by atoms with Crippen LogP contribution in [0.4, 0.5) is 0 Å². The molecule has 0 saturated carbocycles. The van der Waals surface area contributed by atoms with E-state index in [0.717, 1.165) is 17.7 Å². The van der Waals surface area contributed by atoms with Crippen molar-refractivity contribution in [2.45, 2.75) is 38.4 Å². The maximum absolute atomic E-state index is 10.4. The molecule has 0 saturated heterocycles. The van der Waals surface area contributed by atoms with Gasteiger partial charge in [-0.1, -0.05) is 50.2 Å². The Morgan fingerprint density at radius 2 is 1.90 bits per heavy atom. The Kier molecular flexibility index (Phi) is 3.49. The molecule has 0 fully saturated rings. The van der Waals surface area contributed by atoms with Crippen LogP contribution >= 0.6 is 0 Å². The zero-order chi connectivity index (χ0) is 14.1. The van der Waals surface area contributed by atoms with Gasteiger partial charge in [-0.05, 0) is 34.7 Å². The number of aliphatic hydroxyl groups is 1. The minimum atomic E-state index is -0.533. The third-order valence-electron chi connectivity index (χ3n) is 3.96. The van der Waals surface area contributed by atoms with Gasteiger partial charge in [0.2, 0.25) is 0 Å². The van der Waals surface area contributed by atoms with E-state index in [0.29, 0.717) is 5.92 Å². The summed E-state index contributed by atoms with van der Waals surface area (Å²) in [4.78, 5) is 0. The van der Waals surface area contributed by atoms with Gasteiger partial charge < -0.3 is 9.84 Å². The number of aliphatic hydroxyl groups excluding tert-OH is 1. The molecule has 0 amide bonds. The Hall–Kier alpha value is -1.80. The smallest absolute Gasteiger partial charge is 0.133 e. The lowest BCUT2D eigenvalue weighted by Gasteiger charge is -2.18. The van der Waals surface area contributed by atoms with Crippen molar-refractivity contribution in [1.29, 1.82) is 0 Å². The Morgan fingerprint density at radius 3 is 2.65 bits per heavy atom. The lowest BCUT2D eigenvalue weighted by Crippen LogP contribution is -2.21. The maximum Gasteiger partial charge on any atom is 0.133 e. The fraction of sp³-hybridized carbons (Fsp3) is 0.333. The normalized spacial score (nSPS) is 21.0. The van der Waals surface area contributed by atoms with Crippen molar-refractivity contribution in [2.24, 2.45) is 0 Å². The van der Waals surface area contributed by atoms with Gasteiger partial charge in [-0.2, -0.15) is 0 Å². The van der Waals surface area contributed by atoms with Gasteiger partial charge in [0.1, 0.15) is 18.0 Å². The highest BCUT2D eigenvalue weighted by Gasteiger charge is 2.32. The lowest BCUT2D eigenvalue weighted by molar-refractivity contribution is 0.0493. The molecule has 1 aliphatic rings. The quantitative estimate of drug-likeness (QED) is 0.916. The summed E-state index contributed by atoms with van der Waals surface area (Å²) in [6, 6.07) is 16.2. The molecule has 2 nitrogen and oxygen atoms in total. The van der Waals surface area contributed by atoms with E-state index in [1.807, 2.05) is 30.3 Å². The summed E-state index contributed by atoms with van der Waals surface area (Å²) >= 11 is 0. The number of hydrogen-bond acceptors (Lipinski definition) is 2. The van der Waals surface area contributed by atoms with Crippen molar-refractivity contribution in [3.63, 3.8) is 0 Å². The van der Waals surface area contributed by atoms with Crippen LogP contribution in [0.25, 0.3) is 0 Å². The predicted octanol–water partition coefficient (Wildman–Crippen LogP) is 3.85. The first-order valence-electron chi connectivity index (χ1n) is 7.17. The molecule has 104 valence electrons. The van der Waals surface area contributed by atoms with Crippen LogP contribution in [-0.4, -0.2) is 11.2 Å². The van der Waals surface area contributed by atoms with E-state index >= 15 is 0 Å². The van der Waals surface area contributed by atoms with Crippen LogP contribution in [0.15, 0.2) is 48.5 Å². The van der Waals surface area contributed by atoms with Gasteiger partial charge in [-0.15, -0.1) is 0 Å². The van der Waals surface area contributed by atoms with E-state index in [2.05, 4.69) is 32.0 Å². The summed E-state index contributed by atoms with van der Waals surface area (Å²) < 4.78 is 6.01. The van der Waals surface area contributed by atoms with Crippen LogP contribution in [-0.2, 0) is 6.42 Å². The van der Waals surface area contributed by atoms with Crippen LogP contribution in [0.3, 0.4) is 0 Å². The maximum atomic E-state index is 10.4. The summed E-state index contributed by atoms with van der Waals surface area (Å²) in [5, 5.41) is 10.4. The van der Waals surface area contributed by atoms with E-state index in [1.165, 1.54) is 11.1 Å². The Bertz CT molecular complexity index is 604. The molecular formula is C18H20O2. The first kappa shape index (κ1) is 13.2. The van der Waals surface area contributed by atoms with Crippen LogP contribution in [0.1, 0.15) is 42.6 Å². The second-order valence-electron chi connectivity index (χ2n) is 5.73. The average molecular weight is 268 g/mol. The molecule has 0 aliphatic heterocycles. The minimum absolute atomic E-state index is 0.185. The van der Waals surface area contributed by atoms with Gasteiger partial charge in [0.25, 0.3) is 0 Å². The largest absolute Gasteiger partial charge is 0.487 e. The molecule has 0 aromatic heterocycles. The van der Waals surface area contributed by atoms with Crippen LogP contribution in [0.5, 0.6) is 5.75 Å². The van der Waals surface area contributed by atoms with Crippen molar-refractivity contribution in [1.82, 2.24) is 0 Å². The summed E-state index contributed by atoms with van der Waals surface area (Å²) in [5.74, 6) is 1.32. The summed E-state index contributed by atoms with van der Waals surface area (Å²) in [5.41, 5.74) is 3.44. The molecular weight excluding hydrogens is 248 g/mol. The van der Waals surface area contributed by atoms with Gasteiger partial charge in [-0.25, -0.2) is 0 Å². The Labute approximate surface area is 120 Å². The van der Waals surface area contributed by atoms with Crippen molar-refractivity contribution in [3.05, 3.63) is 65.2 Å². The zero-order valence-corrected chi connectivity index (χ0v) is 11.9. The van der Waals surface area contributed by atoms with Gasteiger partial charge in [0.15, 0.2) is 0 Å². The topological polar surface area (TPSA) is 29.5 Å². The van der Waals surface area contributed by atoms with Crippen LogP contribution in [0.2, 0.25) is 0 Å². The average Bonchev–Trinajstić information content (AvgIpc) is 2.76. The van der Waals surface area contributed by atoms with Crippen molar-refractivity contribution < 1.29 is 9.84 Å². The third kappa shape index (κ3) is 2.44. The first-order valence-corrected chi connectivity index (χ1v) is 7.17.